The molecule has 0 unspecified atom stereocenters. The first-order chi connectivity index (χ1) is 13.3. The molecule has 0 atom stereocenters. The number of rotatable bonds is 7. The van der Waals surface area contributed by atoms with Crippen LogP contribution in [-0.4, -0.2) is 33.5 Å². The molecule has 2 aromatic carbocycles. The van der Waals surface area contributed by atoms with Gasteiger partial charge in [0.15, 0.2) is 11.0 Å². The number of fused-ring (bicyclic) bond motifs is 1. The fourth-order valence-corrected chi connectivity index (χ4v) is 4.24. The van der Waals surface area contributed by atoms with Gasteiger partial charge in [-0.3, -0.25) is 4.57 Å². The van der Waals surface area contributed by atoms with Crippen molar-refractivity contribution in [2.24, 2.45) is 0 Å². The van der Waals surface area contributed by atoms with E-state index in [1.54, 1.807) is 18.9 Å². The van der Waals surface area contributed by atoms with Gasteiger partial charge in [-0.1, -0.05) is 59.8 Å². The average Bonchev–Trinajstić information content (AvgIpc) is 3.29. The highest BCUT2D eigenvalue weighted by Gasteiger charge is 2.17. The summed E-state index contributed by atoms with van der Waals surface area (Å²) < 4.78 is 7.41. The quantitative estimate of drug-likeness (QED) is 0.444. The van der Waals surface area contributed by atoms with Crippen molar-refractivity contribution >= 4 is 34.3 Å². The average molecular weight is 399 g/mol. The van der Waals surface area contributed by atoms with E-state index in [1.165, 1.54) is 0 Å². The van der Waals surface area contributed by atoms with E-state index in [2.05, 4.69) is 31.9 Å². The van der Waals surface area contributed by atoms with Gasteiger partial charge in [-0.2, -0.15) is 0 Å². The Kier molecular flexibility index (Phi) is 5.48. The normalized spacial score (nSPS) is 11.3. The summed E-state index contributed by atoms with van der Waals surface area (Å²) in [4.78, 5) is 3.31. The van der Waals surface area contributed by atoms with Gasteiger partial charge in [-0.15, -0.1) is 10.2 Å². The Labute approximate surface area is 166 Å². The summed E-state index contributed by atoms with van der Waals surface area (Å²) in [7, 11) is 1.70. The predicted molar refractivity (Wildman–Crippen MR) is 110 cm³/mol. The number of hydrogen-bond donors (Lipinski definition) is 1. The van der Waals surface area contributed by atoms with Gasteiger partial charge in [0, 0.05) is 40.5 Å². The van der Waals surface area contributed by atoms with Gasteiger partial charge in [0.25, 0.3) is 0 Å². The molecule has 7 heteroatoms. The van der Waals surface area contributed by atoms with Crippen molar-refractivity contribution in [2.45, 2.75) is 17.5 Å². The second-order valence-electron chi connectivity index (χ2n) is 6.08. The first kappa shape index (κ1) is 18.1. The van der Waals surface area contributed by atoms with Crippen LogP contribution in [0.2, 0.25) is 5.02 Å². The molecule has 0 bridgehead atoms. The third-order valence-corrected chi connectivity index (χ3v) is 5.76. The van der Waals surface area contributed by atoms with Crippen LogP contribution < -0.4 is 0 Å². The molecule has 0 saturated heterocycles. The molecule has 0 aliphatic heterocycles. The van der Waals surface area contributed by atoms with Crippen LogP contribution in [0.3, 0.4) is 0 Å². The van der Waals surface area contributed by atoms with E-state index in [4.69, 9.17) is 16.3 Å². The minimum Gasteiger partial charge on any atom is -0.383 e. The maximum Gasteiger partial charge on any atom is 0.191 e. The van der Waals surface area contributed by atoms with Gasteiger partial charge >= 0.3 is 0 Å². The molecule has 0 aliphatic carbocycles. The largest absolute Gasteiger partial charge is 0.383 e. The van der Waals surface area contributed by atoms with Crippen LogP contribution in [0.25, 0.3) is 22.3 Å². The van der Waals surface area contributed by atoms with Gasteiger partial charge in [0.2, 0.25) is 0 Å². The van der Waals surface area contributed by atoms with E-state index >= 15 is 0 Å². The number of methoxy groups -OCH3 is 1. The molecule has 0 saturated carbocycles. The number of nitrogens with zero attached hydrogens (tertiary/aromatic N) is 3. The molecule has 0 fully saturated rings. The van der Waals surface area contributed by atoms with Gasteiger partial charge in [0.1, 0.15) is 0 Å². The Hall–Kier alpha value is -2.28. The summed E-state index contributed by atoms with van der Waals surface area (Å²) in [5.41, 5.74) is 3.21. The van der Waals surface area contributed by atoms with Gasteiger partial charge in [0.05, 0.1) is 13.2 Å². The number of hydrogen-bond acceptors (Lipinski definition) is 4. The number of halogens is 1. The standard InChI is InChI=1S/C20H19ClN4OS/c1-26-11-10-25-19(16-12-22-18-9-5-3-7-15(16)18)23-24-20(25)27-13-14-6-2-4-8-17(14)21/h2-9,12,22H,10-11,13H2,1H3. The predicted octanol–water partition coefficient (Wildman–Crippen LogP) is 5.02. The highest BCUT2D eigenvalue weighted by Crippen LogP contribution is 2.31. The molecule has 0 radical (unpaired) electrons. The summed E-state index contributed by atoms with van der Waals surface area (Å²) in [5.74, 6) is 1.57. The Balaban J connectivity index is 1.68. The SMILES string of the molecule is COCCn1c(SCc2ccccc2Cl)nnc1-c1c[nH]c2ccccc12. The molecular formula is C20H19ClN4OS. The second-order valence-corrected chi connectivity index (χ2v) is 7.43. The van der Waals surface area contributed by atoms with Crippen LogP contribution in [0.5, 0.6) is 0 Å². The highest BCUT2D eigenvalue weighted by atomic mass is 35.5. The van der Waals surface area contributed by atoms with Crippen molar-refractivity contribution in [3.8, 4) is 11.4 Å². The van der Waals surface area contributed by atoms with E-state index in [0.29, 0.717) is 13.2 Å². The molecule has 1 N–H and O–H groups in total. The summed E-state index contributed by atoms with van der Waals surface area (Å²) in [6, 6.07) is 16.1. The summed E-state index contributed by atoms with van der Waals surface area (Å²) in [5, 5.41) is 11.7. The van der Waals surface area contributed by atoms with Crippen molar-refractivity contribution in [3.63, 3.8) is 0 Å². The van der Waals surface area contributed by atoms with Gasteiger partial charge in [-0.05, 0) is 17.7 Å². The Morgan fingerprint density at radius 2 is 1.93 bits per heavy atom. The summed E-state index contributed by atoms with van der Waals surface area (Å²) in [6.45, 7) is 1.27. The number of ether oxygens (including phenoxy) is 1. The molecule has 5 nitrogen and oxygen atoms in total. The Morgan fingerprint density at radius 3 is 2.78 bits per heavy atom. The molecule has 0 amide bonds. The zero-order chi connectivity index (χ0) is 18.6. The molecule has 4 aromatic rings. The van der Waals surface area contributed by atoms with E-state index in [0.717, 1.165) is 43.8 Å². The van der Waals surface area contributed by atoms with Crippen molar-refractivity contribution in [2.75, 3.05) is 13.7 Å². The lowest BCUT2D eigenvalue weighted by Crippen LogP contribution is -2.07. The highest BCUT2D eigenvalue weighted by molar-refractivity contribution is 7.98. The zero-order valence-corrected chi connectivity index (χ0v) is 16.4. The number of benzene rings is 2. The second kappa shape index (κ2) is 8.17. The number of aromatic nitrogens is 4. The molecule has 2 aromatic heterocycles. The van der Waals surface area contributed by atoms with Crippen LogP contribution in [0.15, 0.2) is 59.9 Å². The summed E-state index contributed by atoms with van der Waals surface area (Å²) in [6.07, 6.45) is 1.99. The smallest absolute Gasteiger partial charge is 0.191 e. The van der Waals surface area contributed by atoms with Crippen LogP contribution in [0, 0.1) is 0 Å². The lowest BCUT2D eigenvalue weighted by Gasteiger charge is -2.09. The van der Waals surface area contributed by atoms with Gasteiger partial charge < -0.3 is 9.72 Å². The molecule has 2 heterocycles. The van der Waals surface area contributed by atoms with Crippen molar-refractivity contribution in [3.05, 3.63) is 65.3 Å². The van der Waals surface area contributed by atoms with Crippen molar-refractivity contribution in [1.82, 2.24) is 19.7 Å². The minimum atomic E-state index is 0.590. The number of para-hydroxylation sites is 1. The monoisotopic (exact) mass is 398 g/mol. The number of thioether (sulfide) groups is 1. The van der Waals surface area contributed by atoms with Crippen LogP contribution in [-0.2, 0) is 17.0 Å². The van der Waals surface area contributed by atoms with Crippen LogP contribution in [0.4, 0.5) is 0 Å². The third-order valence-electron chi connectivity index (χ3n) is 4.38. The first-order valence-corrected chi connectivity index (χ1v) is 9.99. The maximum atomic E-state index is 6.29. The fourth-order valence-electron chi connectivity index (χ4n) is 2.99. The fraction of sp³-hybridized carbons (Fsp3) is 0.200. The van der Waals surface area contributed by atoms with E-state index in [1.807, 2.05) is 42.6 Å². The first-order valence-electron chi connectivity index (χ1n) is 8.62. The topological polar surface area (TPSA) is 55.7 Å². The van der Waals surface area contributed by atoms with E-state index < -0.39 is 0 Å². The van der Waals surface area contributed by atoms with Crippen LogP contribution in [0.1, 0.15) is 5.56 Å². The van der Waals surface area contributed by atoms with Crippen molar-refractivity contribution in [1.29, 1.82) is 0 Å². The molecule has 0 spiro atoms. The molecule has 4 rings (SSSR count). The lowest BCUT2D eigenvalue weighted by molar-refractivity contribution is 0.185. The molecule has 0 aliphatic rings. The number of nitrogens with one attached hydrogen (secondary N) is 1. The third kappa shape index (κ3) is 3.74. The minimum absolute atomic E-state index is 0.590. The van der Waals surface area contributed by atoms with Crippen LogP contribution >= 0.6 is 23.4 Å². The number of aromatic amines is 1. The molecule has 27 heavy (non-hydrogen) atoms. The number of H-pyrrole nitrogens is 1. The molecule has 138 valence electrons. The summed E-state index contributed by atoms with van der Waals surface area (Å²) >= 11 is 7.91. The maximum absolute atomic E-state index is 6.29. The van der Waals surface area contributed by atoms with Gasteiger partial charge in [-0.25, -0.2) is 0 Å². The Bertz CT molecular complexity index is 1060. The lowest BCUT2D eigenvalue weighted by atomic mass is 10.1. The zero-order valence-electron chi connectivity index (χ0n) is 14.9. The Morgan fingerprint density at radius 1 is 1.11 bits per heavy atom. The van der Waals surface area contributed by atoms with E-state index in [9.17, 15) is 0 Å². The molecular weight excluding hydrogens is 380 g/mol. The van der Waals surface area contributed by atoms with E-state index in [-0.39, 0.29) is 0 Å². The van der Waals surface area contributed by atoms with Crippen molar-refractivity contribution < 1.29 is 4.74 Å².